The second-order valence-corrected chi connectivity index (χ2v) is 5.38. The lowest BCUT2D eigenvalue weighted by Gasteiger charge is -2.10. The molecule has 0 aromatic heterocycles. The van der Waals surface area contributed by atoms with Crippen LogP contribution in [0.15, 0.2) is 42.5 Å². The first kappa shape index (κ1) is 18.5. The number of nitrogen functional groups attached to an aromatic ring is 1. The van der Waals surface area contributed by atoms with Gasteiger partial charge in [0.15, 0.2) is 5.78 Å². The van der Waals surface area contributed by atoms with Crippen molar-refractivity contribution in [2.75, 3.05) is 26.0 Å². The molecule has 0 radical (unpaired) electrons. The first-order valence-electron chi connectivity index (χ1n) is 7.98. The van der Waals surface area contributed by atoms with E-state index in [-0.39, 0.29) is 18.3 Å². The summed E-state index contributed by atoms with van der Waals surface area (Å²) in [6.07, 6.45) is 0. The van der Waals surface area contributed by atoms with Gasteiger partial charge in [0.25, 0.3) is 0 Å². The Hall–Kier alpha value is -2.86. The Kier molecular flexibility index (Phi) is 6.54. The number of nitrogens with one attached hydrogen (secondary N) is 1. The first-order chi connectivity index (χ1) is 12.0. The molecular weight excluding hydrogens is 320 g/mol. The molecule has 6 heteroatoms. The van der Waals surface area contributed by atoms with Crippen LogP contribution in [-0.4, -0.2) is 32.0 Å². The quantitative estimate of drug-likeness (QED) is 0.434. The van der Waals surface area contributed by atoms with Crippen molar-refractivity contribution in [1.29, 1.82) is 0 Å². The van der Waals surface area contributed by atoms with Gasteiger partial charge < -0.3 is 20.5 Å². The maximum Gasteiger partial charge on any atom is 0.319 e. The van der Waals surface area contributed by atoms with Gasteiger partial charge in [0.1, 0.15) is 5.75 Å². The molecule has 0 saturated carbocycles. The minimum absolute atomic E-state index is 0.0872. The molecule has 0 bridgehead atoms. The summed E-state index contributed by atoms with van der Waals surface area (Å²) < 4.78 is 9.95. The Morgan fingerprint density at radius 2 is 1.76 bits per heavy atom. The van der Waals surface area contributed by atoms with Crippen LogP contribution >= 0.6 is 0 Å². The Labute approximate surface area is 146 Å². The minimum Gasteiger partial charge on any atom is -0.497 e. The number of carbonyl (C=O) groups excluding carboxylic acids is 2. The molecule has 0 spiro atoms. The zero-order valence-corrected chi connectivity index (χ0v) is 14.4. The third-order valence-electron chi connectivity index (χ3n) is 3.65. The van der Waals surface area contributed by atoms with Crippen molar-refractivity contribution in [2.24, 2.45) is 0 Å². The minimum atomic E-state index is -0.327. The van der Waals surface area contributed by atoms with E-state index in [0.29, 0.717) is 35.7 Å². The van der Waals surface area contributed by atoms with E-state index in [2.05, 4.69) is 5.32 Å². The molecule has 3 N–H and O–H groups in total. The second kappa shape index (κ2) is 8.84. The first-order valence-corrected chi connectivity index (χ1v) is 7.98. The highest BCUT2D eigenvalue weighted by Crippen LogP contribution is 2.19. The standard InChI is InChI=1S/C19H22N2O4/c1-3-25-18(22)12-21-11-15-10-14(6-9-17(15)20)19(23)13-4-7-16(24-2)8-5-13/h4-10,21H,3,11-12,20H2,1-2H3. The van der Waals surface area contributed by atoms with E-state index >= 15 is 0 Å². The van der Waals surface area contributed by atoms with Crippen LogP contribution in [0.5, 0.6) is 5.75 Å². The Morgan fingerprint density at radius 3 is 2.40 bits per heavy atom. The molecule has 0 aliphatic carbocycles. The third-order valence-corrected chi connectivity index (χ3v) is 3.65. The number of ether oxygens (including phenoxy) is 2. The van der Waals surface area contributed by atoms with E-state index in [9.17, 15) is 9.59 Å². The molecule has 0 aliphatic rings. The van der Waals surface area contributed by atoms with E-state index in [4.69, 9.17) is 15.2 Å². The summed E-state index contributed by atoms with van der Waals surface area (Å²) in [5, 5.41) is 2.97. The highest BCUT2D eigenvalue weighted by Gasteiger charge is 2.12. The largest absolute Gasteiger partial charge is 0.497 e. The van der Waals surface area contributed by atoms with Crippen molar-refractivity contribution in [2.45, 2.75) is 13.5 Å². The molecular formula is C19H22N2O4. The van der Waals surface area contributed by atoms with E-state index in [1.54, 1.807) is 56.5 Å². The van der Waals surface area contributed by atoms with Gasteiger partial charge in [0, 0.05) is 23.4 Å². The molecule has 0 amide bonds. The van der Waals surface area contributed by atoms with Gasteiger partial charge in [-0.2, -0.15) is 0 Å². The number of carbonyl (C=O) groups is 2. The van der Waals surface area contributed by atoms with Gasteiger partial charge in [-0.3, -0.25) is 9.59 Å². The fourth-order valence-electron chi connectivity index (χ4n) is 2.32. The van der Waals surface area contributed by atoms with E-state index in [1.807, 2.05) is 0 Å². The fourth-order valence-corrected chi connectivity index (χ4v) is 2.32. The number of esters is 1. The van der Waals surface area contributed by atoms with Crippen LogP contribution < -0.4 is 15.8 Å². The highest BCUT2D eigenvalue weighted by atomic mass is 16.5. The van der Waals surface area contributed by atoms with Gasteiger partial charge in [-0.25, -0.2) is 0 Å². The van der Waals surface area contributed by atoms with Gasteiger partial charge >= 0.3 is 5.97 Å². The van der Waals surface area contributed by atoms with Crippen molar-refractivity contribution in [3.8, 4) is 5.75 Å². The Morgan fingerprint density at radius 1 is 1.08 bits per heavy atom. The van der Waals surface area contributed by atoms with Crippen LogP contribution in [0.4, 0.5) is 5.69 Å². The number of anilines is 1. The summed E-state index contributed by atoms with van der Waals surface area (Å²) in [5.74, 6) is 0.263. The lowest BCUT2D eigenvalue weighted by atomic mass is 10.00. The number of rotatable bonds is 8. The van der Waals surface area contributed by atoms with Crippen LogP contribution in [0.1, 0.15) is 28.4 Å². The summed E-state index contributed by atoms with van der Waals surface area (Å²) in [7, 11) is 1.58. The zero-order valence-electron chi connectivity index (χ0n) is 14.4. The molecule has 0 heterocycles. The van der Waals surface area contributed by atoms with E-state index < -0.39 is 0 Å². The summed E-state index contributed by atoms with van der Waals surface area (Å²) in [6.45, 7) is 2.55. The topological polar surface area (TPSA) is 90.6 Å². The number of hydrogen-bond acceptors (Lipinski definition) is 6. The van der Waals surface area contributed by atoms with Crippen LogP contribution in [-0.2, 0) is 16.1 Å². The number of methoxy groups -OCH3 is 1. The summed E-state index contributed by atoms with van der Waals surface area (Å²) >= 11 is 0. The summed E-state index contributed by atoms with van der Waals surface area (Å²) in [4.78, 5) is 24.0. The average molecular weight is 342 g/mol. The molecule has 2 aromatic rings. The summed E-state index contributed by atoms with van der Waals surface area (Å²) in [5.41, 5.74) is 8.37. The van der Waals surface area contributed by atoms with Crippen LogP contribution in [0.3, 0.4) is 0 Å². The Balaban J connectivity index is 2.08. The summed E-state index contributed by atoms with van der Waals surface area (Å²) in [6, 6.07) is 12.0. The van der Waals surface area contributed by atoms with Crippen molar-refractivity contribution in [3.05, 3.63) is 59.2 Å². The fraction of sp³-hybridized carbons (Fsp3) is 0.263. The predicted octanol–water partition coefficient (Wildman–Crippen LogP) is 2.16. The monoisotopic (exact) mass is 342 g/mol. The van der Waals surface area contributed by atoms with Crippen molar-refractivity contribution >= 4 is 17.4 Å². The predicted molar refractivity (Wildman–Crippen MR) is 95.6 cm³/mol. The van der Waals surface area contributed by atoms with Gasteiger partial charge in [-0.15, -0.1) is 0 Å². The maximum absolute atomic E-state index is 12.6. The molecule has 25 heavy (non-hydrogen) atoms. The molecule has 0 atom stereocenters. The van der Waals surface area contributed by atoms with Gasteiger partial charge in [-0.1, -0.05) is 0 Å². The SMILES string of the molecule is CCOC(=O)CNCc1cc(C(=O)c2ccc(OC)cc2)ccc1N. The maximum atomic E-state index is 12.6. The van der Waals surface area contributed by atoms with Gasteiger partial charge in [0.05, 0.1) is 20.3 Å². The lowest BCUT2D eigenvalue weighted by Crippen LogP contribution is -2.24. The molecule has 0 saturated heterocycles. The molecule has 0 aliphatic heterocycles. The lowest BCUT2D eigenvalue weighted by molar-refractivity contribution is -0.142. The number of nitrogens with two attached hydrogens (primary N) is 1. The third kappa shape index (κ3) is 5.06. The Bertz CT molecular complexity index is 742. The molecule has 2 aromatic carbocycles. The van der Waals surface area contributed by atoms with Gasteiger partial charge in [0.2, 0.25) is 0 Å². The van der Waals surface area contributed by atoms with Crippen molar-refractivity contribution in [1.82, 2.24) is 5.32 Å². The van der Waals surface area contributed by atoms with Gasteiger partial charge in [-0.05, 0) is 55.0 Å². The molecule has 6 nitrogen and oxygen atoms in total. The average Bonchev–Trinajstić information content (AvgIpc) is 2.63. The van der Waals surface area contributed by atoms with Crippen LogP contribution in [0.2, 0.25) is 0 Å². The van der Waals surface area contributed by atoms with Crippen LogP contribution in [0.25, 0.3) is 0 Å². The number of hydrogen-bond donors (Lipinski definition) is 2. The van der Waals surface area contributed by atoms with E-state index in [0.717, 1.165) is 5.56 Å². The molecule has 132 valence electrons. The number of benzene rings is 2. The molecule has 2 rings (SSSR count). The normalized spacial score (nSPS) is 10.3. The van der Waals surface area contributed by atoms with Crippen molar-refractivity contribution in [3.63, 3.8) is 0 Å². The van der Waals surface area contributed by atoms with Crippen molar-refractivity contribution < 1.29 is 19.1 Å². The smallest absolute Gasteiger partial charge is 0.319 e. The second-order valence-electron chi connectivity index (χ2n) is 5.38. The zero-order chi connectivity index (χ0) is 18.2. The van der Waals surface area contributed by atoms with E-state index in [1.165, 1.54) is 0 Å². The van der Waals surface area contributed by atoms with Crippen LogP contribution in [0, 0.1) is 0 Å². The molecule has 0 fully saturated rings. The molecule has 0 unspecified atom stereocenters. The number of ketones is 1. The highest BCUT2D eigenvalue weighted by molar-refractivity contribution is 6.09.